The molecule has 8 heteroatoms. The van der Waals surface area contributed by atoms with Crippen molar-refractivity contribution in [3.8, 4) is 0 Å². The van der Waals surface area contributed by atoms with Gasteiger partial charge < -0.3 is 9.64 Å². The van der Waals surface area contributed by atoms with Gasteiger partial charge in [0.15, 0.2) is 0 Å². The van der Waals surface area contributed by atoms with Gasteiger partial charge in [-0.15, -0.1) is 0 Å². The molecule has 5 nitrogen and oxygen atoms in total. The van der Waals surface area contributed by atoms with Crippen LogP contribution in [0.4, 0.5) is 0 Å². The van der Waals surface area contributed by atoms with E-state index in [4.69, 9.17) is 27.9 Å². The molecule has 0 saturated carbocycles. The van der Waals surface area contributed by atoms with Crippen molar-refractivity contribution >= 4 is 33.2 Å². The first-order valence-corrected chi connectivity index (χ1v) is 9.34. The van der Waals surface area contributed by atoms with Crippen LogP contribution >= 0.6 is 23.2 Å². The molecule has 0 radical (unpaired) electrons. The molecule has 1 fully saturated rings. The highest BCUT2D eigenvalue weighted by molar-refractivity contribution is 7.89. The monoisotopic (exact) mass is 367 g/mol. The maximum absolute atomic E-state index is 12.4. The molecule has 2 rings (SSSR count). The standard InChI is InChI=1S/C14H20Cl2N2O3S/c1-14(2,18-5-7-21-8-6-18)10-17-22(19,20)13-9-11(15)3-4-12(13)16/h3-4,9,17H,5-8,10H2,1-2H3/p+1. The second-order valence-electron chi connectivity index (χ2n) is 6.00. The molecule has 1 aliphatic heterocycles. The minimum Gasteiger partial charge on any atom is -0.370 e. The lowest BCUT2D eigenvalue weighted by Crippen LogP contribution is -3.22. The van der Waals surface area contributed by atoms with Crippen LogP contribution < -0.4 is 9.62 Å². The van der Waals surface area contributed by atoms with Gasteiger partial charge in [0.2, 0.25) is 10.0 Å². The first-order valence-electron chi connectivity index (χ1n) is 7.10. The summed E-state index contributed by atoms with van der Waals surface area (Å²) in [4.78, 5) is 1.33. The highest BCUT2D eigenvalue weighted by Crippen LogP contribution is 2.24. The predicted octanol–water partition coefficient (Wildman–Crippen LogP) is 0.965. The predicted molar refractivity (Wildman–Crippen MR) is 87.2 cm³/mol. The molecule has 0 aromatic heterocycles. The van der Waals surface area contributed by atoms with Crippen molar-refractivity contribution in [1.29, 1.82) is 0 Å². The molecule has 1 saturated heterocycles. The van der Waals surface area contributed by atoms with Gasteiger partial charge in [-0.3, -0.25) is 0 Å². The smallest absolute Gasteiger partial charge is 0.242 e. The fraction of sp³-hybridized carbons (Fsp3) is 0.571. The first-order chi connectivity index (χ1) is 10.2. The summed E-state index contributed by atoms with van der Waals surface area (Å²) >= 11 is 11.8. The molecule has 1 aromatic rings. The van der Waals surface area contributed by atoms with Gasteiger partial charge in [0.1, 0.15) is 23.5 Å². The first kappa shape index (κ1) is 18.0. The summed E-state index contributed by atoms with van der Waals surface area (Å²) in [6, 6.07) is 4.41. The molecule has 0 amide bonds. The van der Waals surface area contributed by atoms with Crippen LogP contribution in [0.25, 0.3) is 0 Å². The van der Waals surface area contributed by atoms with Crippen molar-refractivity contribution in [1.82, 2.24) is 4.72 Å². The summed E-state index contributed by atoms with van der Waals surface area (Å²) in [5.41, 5.74) is -0.234. The lowest BCUT2D eigenvalue weighted by molar-refractivity contribution is -0.954. The van der Waals surface area contributed by atoms with E-state index in [1.54, 1.807) is 6.07 Å². The minimum absolute atomic E-state index is 0.00874. The van der Waals surface area contributed by atoms with Crippen molar-refractivity contribution in [3.05, 3.63) is 28.2 Å². The van der Waals surface area contributed by atoms with Crippen LogP contribution in [0.15, 0.2) is 23.1 Å². The normalized spacial score (nSPS) is 17.6. The van der Waals surface area contributed by atoms with E-state index >= 15 is 0 Å². The minimum atomic E-state index is -3.70. The SMILES string of the molecule is CC(C)(CNS(=O)(=O)c1cc(Cl)ccc1Cl)[NH+]1CCOCC1. The van der Waals surface area contributed by atoms with E-state index in [9.17, 15) is 8.42 Å². The van der Waals surface area contributed by atoms with Gasteiger partial charge in [-0.25, -0.2) is 13.1 Å². The quantitative estimate of drug-likeness (QED) is 0.814. The van der Waals surface area contributed by atoms with E-state index in [1.165, 1.54) is 17.0 Å². The number of hydrogen-bond donors (Lipinski definition) is 2. The Kier molecular flexibility index (Phi) is 5.74. The molecule has 0 unspecified atom stereocenters. The zero-order chi connectivity index (χ0) is 16.4. The Morgan fingerprint density at radius 3 is 2.55 bits per heavy atom. The summed E-state index contributed by atoms with van der Waals surface area (Å²) in [6.45, 7) is 7.52. The molecule has 2 N–H and O–H groups in total. The third-order valence-electron chi connectivity index (χ3n) is 3.94. The molecule has 1 aromatic carbocycles. The highest BCUT2D eigenvalue weighted by atomic mass is 35.5. The maximum atomic E-state index is 12.4. The molecule has 0 atom stereocenters. The number of hydrogen-bond acceptors (Lipinski definition) is 3. The van der Waals surface area contributed by atoms with Crippen LogP contribution in [0.1, 0.15) is 13.8 Å². The Labute approximate surface area is 141 Å². The number of benzene rings is 1. The topological polar surface area (TPSA) is 59.8 Å². The number of rotatable bonds is 5. The van der Waals surface area contributed by atoms with Crippen LogP contribution in [-0.2, 0) is 14.8 Å². The van der Waals surface area contributed by atoms with Crippen molar-refractivity contribution in [2.24, 2.45) is 0 Å². The molecule has 0 spiro atoms. The Morgan fingerprint density at radius 1 is 1.27 bits per heavy atom. The summed E-state index contributed by atoms with van der Waals surface area (Å²) in [5.74, 6) is 0. The maximum Gasteiger partial charge on any atom is 0.242 e. The average molecular weight is 368 g/mol. The molecule has 22 heavy (non-hydrogen) atoms. The molecule has 0 bridgehead atoms. The van der Waals surface area contributed by atoms with Crippen molar-refractivity contribution in [2.45, 2.75) is 24.3 Å². The summed E-state index contributed by atoms with van der Waals surface area (Å²) in [6.07, 6.45) is 0. The third kappa shape index (κ3) is 4.34. The number of morpholine rings is 1. The average Bonchev–Trinajstić information content (AvgIpc) is 2.49. The fourth-order valence-corrected chi connectivity index (χ4v) is 4.43. The lowest BCUT2D eigenvalue weighted by atomic mass is 10.0. The van der Waals surface area contributed by atoms with Crippen molar-refractivity contribution in [2.75, 3.05) is 32.8 Å². The van der Waals surface area contributed by atoms with E-state index in [-0.39, 0.29) is 15.5 Å². The fourth-order valence-electron chi connectivity index (χ4n) is 2.46. The second kappa shape index (κ2) is 7.03. The number of sulfonamides is 1. The number of nitrogens with one attached hydrogen (secondary N) is 2. The zero-order valence-corrected chi connectivity index (χ0v) is 15.0. The molecular formula is C14H21Cl2N2O3S+. The molecule has 1 heterocycles. The number of quaternary nitrogens is 1. The van der Waals surface area contributed by atoms with Gasteiger partial charge in [-0.1, -0.05) is 23.2 Å². The van der Waals surface area contributed by atoms with Gasteiger partial charge in [0.05, 0.1) is 24.8 Å². The summed E-state index contributed by atoms with van der Waals surface area (Å²) < 4.78 is 32.9. The Hall–Kier alpha value is -0.370. The van der Waals surface area contributed by atoms with Crippen molar-refractivity contribution in [3.63, 3.8) is 0 Å². The molecule has 0 aliphatic carbocycles. The van der Waals surface area contributed by atoms with Crippen LogP contribution in [0.2, 0.25) is 10.0 Å². The lowest BCUT2D eigenvalue weighted by Gasteiger charge is -2.37. The van der Waals surface area contributed by atoms with Gasteiger partial charge in [-0.05, 0) is 32.0 Å². The molecular weight excluding hydrogens is 347 g/mol. The van der Waals surface area contributed by atoms with Gasteiger partial charge >= 0.3 is 0 Å². The summed E-state index contributed by atoms with van der Waals surface area (Å²) in [7, 11) is -3.70. The van der Waals surface area contributed by atoms with Crippen LogP contribution in [0, 0.1) is 0 Å². The van der Waals surface area contributed by atoms with E-state index in [0.29, 0.717) is 24.8 Å². The van der Waals surface area contributed by atoms with Gasteiger partial charge in [0.25, 0.3) is 0 Å². The zero-order valence-electron chi connectivity index (χ0n) is 12.7. The van der Waals surface area contributed by atoms with Crippen molar-refractivity contribution < 1.29 is 18.1 Å². The largest absolute Gasteiger partial charge is 0.370 e. The second-order valence-corrected chi connectivity index (χ2v) is 8.58. The van der Waals surface area contributed by atoms with E-state index < -0.39 is 10.0 Å². The van der Waals surface area contributed by atoms with E-state index in [0.717, 1.165) is 13.1 Å². The molecule has 1 aliphatic rings. The van der Waals surface area contributed by atoms with Crippen LogP contribution in [-0.4, -0.2) is 46.8 Å². The van der Waals surface area contributed by atoms with E-state index in [2.05, 4.69) is 4.72 Å². The third-order valence-corrected chi connectivity index (χ3v) is 6.06. The molecule has 124 valence electrons. The summed E-state index contributed by atoms with van der Waals surface area (Å²) in [5, 5.41) is 0.497. The van der Waals surface area contributed by atoms with Gasteiger partial charge in [-0.2, -0.15) is 0 Å². The Balaban J connectivity index is 2.10. The van der Waals surface area contributed by atoms with Crippen LogP contribution in [0.3, 0.4) is 0 Å². The Morgan fingerprint density at radius 2 is 1.91 bits per heavy atom. The van der Waals surface area contributed by atoms with Crippen LogP contribution in [0.5, 0.6) is 0 Å². The van der Waals surface area contributed by atoms with Gasteiger partial charge in [0, 0.05) is 5.02 Å². The van der Waals surface area contributed by atoms with E-state index in [1.807, 2.05) is 13.8 Å². The highest BCUT2D eigenvalue weighted by Gasteiger charge is 2.34. The Bertz CT molecular complexity index is 629. The number of ether oxygens (including phenoxy) is 1. The number of halogens is 2.